The molecule has 5 nitrogen and oxygen atoms in total. The molecule has 0 saturated heterocycles. The van der Waals surface area contributed by atoms with E-state index in [0.717, 1.165) is 27.5 Å². The summed E-state index contributed by atoms with van der Waals surface area (Å²) < 4.78 is 11.0. The van der Waals surface area contributed by atoms with Crippen LogP contribution in [0.5, 0.6) is 11.5 Å². The molecule has 4 aromatic rings. The number of methoxy groups -OCH3 is 2. The van der Waals surface area contributed by atoms with Crippen molar-refractivity contribution in [2.45, 2.75) is 13.8 Å². The van der Waals surface area contributed by atoms with Gasteiger partial charge in [0.15, 0.2) is 17.3 Å². The first kappa shape index (κ1) is 22.1. The van der Waals surface area contributed by atoms with E-state index in [1.165, 1.54) is 6.92 Å². The van der Waals surface area contributed by atoms with E-state index in [2.05, 4.69) is 5.32 Å². The number of amides is 1. The van der Waals surface area contributed by atoms with E-state index >= 15 is 0 Å². The van der Waals surface area contributed by atoms with Crippen molar-refractivity contribution in [2.24, 2.45) is 0 Å². The van der Waals surface area contributed by atoms with Crippen LogP contribution in [0.4, 0.5) is 5.69 Å². The molecule has 0 saturated carbocycles. The van der Waals surface area contributed by atoms with Gasteiger partial charge in [-0.3, -0.25) is 9.59 Å². The fourth-order valence-electron chi connectivity index (χ4n) is 3.81. The monoisotopic (exact) mass is 439 g/mol. The van der Waals surface area contributed by atoms with Crippen molar-refractivity contribution < 1.29 is 19.1 Å². The van der Waals surface area contributed by atoms with Crippen LogP contribution < -0.4 is 14.8 Å². The first-order valence-corrected chi connectivity index (χ1v) is 10.6. The summed E-state index contributed by atoms with van der Waals surface area (Å²) in [4.78, 5) is 24.9. The molecule has 0 aliphatic carbocycles. The van der Waals surface area contributed by atoms with E-state index in [-0.39, 0.29) is 11.7 Å². The van der Waals surface area contributed by atoms with Gasteiger partial charge in [0.1, 0.15) is 0 Å². The highest BCUT2D eigenvalue weighted by Gasteiger charge is 2.16. The molecule has 1 amide bonds. The van der Waals surface area contributed by atoms with Gasteiger partial charge in [-0.05, 0) is 72.1 Å². The molecule has 0 fully saturated rings. The summed E-state index contributed by atoms with van der Waals surface area (Å²) in [7, 11) is 3.19. The van der Waals surface area contributed by atoms with Gasteiger partial charge in [-0.1, -0.05) is 42.0 Å². The molecule has 166 valence electrons. The molecular formula is C28H25NO4. The van der Waals surface area contributed by atoms with Crippen molar-refractivity contribution >= 4 is 28.2 Å². The van der Waals surface area contributed by atoms with Crippen LogP contribution in [0, 0.1) is 6.92 Å². The fourth-order valence-corrected chi connectivity index (χ4v) is 3.81. The van der Waals surface area contributed by atoms with Crippen LogP contribution in [-0.2, 0) is 0 Å². The van der Waals surface area contributed by atoms with Crippen LogP contribution in [0.3, 0.4) is 0 Å². The van der Waals surface area contributed by atoms with Gasteiger partial charge < -0.3 is 14.8 Å². The highest BCUT2D eigenvalue weighted by atomic mass is 16.5. The zero-order valence-electron chi connectivity index (χ0n) is 19.1. The standard InChI is InChI=1S/C28H25NO4/c1-17-8-10-19(11-9-17)24-14-22(12-21-15-26(32-3)27(33-4)16-25(21)24)28(31)29-23-7-5-6-20(13-23)18(2)30/h5-16H,1-4H3,(H,29,31). The molecule has 33 heavy (non-hydrogen) atoms. The number of carbonyl (C=O) groups is 2. The van der Waals surface area contributed by atoms with Crippen LogP contribution in [-0.4, -0.2) is 25.9 Å². The van der Waals surface area contributed by atoms with Gasteiger partial charge >= 0.3 is 0 Å². The lowest BCUT2D eigenvalue weighted by Crippen LogP contribution is -2.12. The predicted octanol–water partition coefficient (Wildman–Crippen LogP) is 6.29. The lowest BCUT2D eigenvalue weighted by molar-refractivity contribution is 0.101. The maximum Gasteiger partial charge on any atom is 0.255 e. The van der Waals surface area contributed by atoms with Crippen molar-refractivity contribution in [2.75, 3.05) is 19.5 Å². The summed E-state index contributed by atoms with van der Waals surface area (Å²) in [6.07, 6.45) is 0. The molecule has 0 heterocycles. The van der Waals surface area contributed by atoms with Gasteiger partial charge in [0, 0.05) is 16.8 Å². The van der Waals surface area contributed by atoms with Crippen LogP contribution in [0.2, 0.25) is 0 Å². The molecular weight excluding hydrogens is 414 g/mol. The number of hydrogen-bond acceptors (Lipinski definition) is 4. The molecule has 0 aromatic heterocycles. The summed E-state index contributed by atoms with van der Waals surface area (Å²) in [6.45, 7) is 3.54. The average molecular weight is 440 g/mol. The van der Waals surface area contributed by atoms with Crippen LogP contribution in [0.15, 0.2) is 72.8 Å². The Morgan fingerprint density at radius 3 is 2.15 bits per heavy atom. The second kappa shape index (κ2) is 9.17. The Bertz CT molecular complexity index is 1360. The normalized spacial score (nSPS) is 10.7. The second-order valence-corrected chi connectivity index (χ2v) is 7.91. The van der Waals surface area contributed by atoms with Crippen LogP contribution >= 0.6 is 0 Å². The number of ketones is 1. The molecule has 5 heteroatoms. The number of carbonyl (C=O) groups excluding carboxylic acids is 2. The number of ether oxygens (including phenoxy) is 2. The number of Topliss-reactive ketones (excluding diaryl/α,β-unsaturated/α-hetero) is 1. The minimum atomic E-state index is -0.263. The topological polar surface area (TPSA) is 64.6 Å². The van der Waals surface area contributed by atoms with Crippen LogP contribution in [0.1, 0.15) is 33.2 Å². The molecule has 0 radical (unpaired) electrons. The summed E-state index contributed by atoms with van der Waals surface area (Å²) >= 11 is 0. The zero-order valence-corrected chi connectivity index (χ0v) is 19.1. The van der Waals surface area contributed by atoms with Crippen molar-refractivity contribution in [3.8, 4) is 22.6 Å². The van der Waals surface area contributed by atoms with Gasteiger partial charge in [-0.2, -0.15) is 0 Å². The minimum Gasteiger partial charge on any atom is -0.493 e. The molecule has 0 spiro atoms. The number of fused-ring (bicyclic) bond motifs is 1. The molecule has 4 rings (SSSR count). The molecule has 0 aliphatic rings. The first-order chi connectivity index (χ1) is 15.9. The Morgan fingerprint density at radius 2 is 1.48 bits per heavy atom. The van der Waals surface area contributed by atoms with E-state index in [9.17, 15) is 9.59 Å². The lowest BCUT2D eigenvalue weighted by atomic mass is 9.94. The number of nitrogens with one attached hydrogen (secondary N) is 1. The van der Waals surface area contributed by atoms with Crippen molar-refractivity contribution in [3.63, 3.8) is 0 Å². The zero-order chi connectivity index (χ0) is 23.5. The van der Waals surface area contributed by atoms with E-state index in [1.54, 1.807) is 38.5 Å². The molecule has 0 bridgehead atoms. The molecule has 0 aliphatic heterocycles. The highest BCUT2D eigenvalue weighted by Crippen LogP contribution is 2.38. The van der Waals surface area contributed by atoms with E-state index < -0.39 is 0 Å². The summed E-state index contributed by atoms with van der Waals surface area (Å²) in [5, 5.41) is 4.72. The third kappa shape index (κ3) is 4.58. The third-order valence-electron chi connectivity index (χ3n) is 5.61. The smallest absolute Gasteiger partial charge is 0.255 e. The number of rotatable bonds is 6. The minimum absolute atomic E-state index is 0.0560. The first-order valence-electron chi connectivity index (χ1n) is 10.6. The molecule has 0 atom stereocenters. The van der Waals surface area contributed by atoms with Gasteiger partial charge in [-0.15, -0.1) is 0 Å². The summed E-state index contributed by atoms with van der Waals surface area (Å²) in [5.41, 5.74) is 4.67. The largest absolute Gasteiger partial charge is 0.493 e. The molecule has 4 aromatic carbocycles. The van der Waals surface area contributed by atoms with Crippen molar-refractivity contribution in [1.82, 2.24) is 0 Å². The highest BCUT2D eigenvalue weighted by molar-refractivity contribution is 6.10. The van der Waals surface area contributed by atoms with Crippen LogP contribution in [0.25, 0.3) is 21.9 Å². The Kier molecular flexibility index (Phi) is 6.13. The Morgan fingerprint density at radius 1 is 0.788 bits per heavy atom. The predicted molar refractivity (Wildman–Crippen MR) is 132 cm³/mol. The Balaban J connectivity index is 1.84. The maximum atomic E-state index is 13.2. The van der Waals surface area contributed by atoms with Gasteiger partial charge in [0.05, 0.1) is 14.2 Å². The van der Waals surface area contributed by atoms with E-state index in [0.29, 0.717) is 28.3 Å². The average Bonchev–Trinajstić information content (AvgIpc) is 2.83. The molecule has 1 N–H and O–H groups in total. The summed E-state index contributed by atoms with van der Waals surface area (Å²) in [6, 6.07) is 22.6. The van der Waals surface area contributed by atoms with E-state index in [4.69, 9.17) is 9.47 Å². The maximum absolute atomic E-state index is 13.2. The Labute approximate surface area is 193 Å². The summed E-state index contributed by atoms with van der Waals surface area (Å²) in [5.74, 6) is 0.892. The quantitative estimate of drug-likeness (QED) is 0.359. The van der Waals surface area contributed by atoms with E-state index in [1.807, 2.05) is 55.5 Å². The fraction of sp³-hybridized carbons (Fsp3) is 0.143. The lowest BCUT2D eigenvalue weighted by Gasteiger charge is -2.15. The SMILES string of the molecule is COc1cc2cc(C(=O)Nc3cccc(C(C)=O)c3)cc(-c3ccc(C)cc3)c2cc1OC. The van der Waals surface area contributed by atoms with Crippen molar-refractivity contribution in [1.29, 1.82) is 0 Å². The second-order valence-electron chi connectivity index (χ2n) is 7.91. The Hall–Kier alpha value is -4.12. The number of anilines is 1. The number of aryl methyl sites for hydroxylation is 1. The third-order valence-corrected chi connectivity index (χ3v) is 5.61. The van der Waals surface area contributed by atoms with Gasteiger partial charge in [-0.25, -0.2) is 0 Å². The van der Waals surface area contributed by atoms with Gasteiger partial charge in [0.25, 0.3) is 5.91 Å². The number of benzene rings is 4. The van der Waals surface area contributed by atoms with Gasteiger partial charge in [0.2, 0.25) is 0 Å². The molecule has 0 unspecified atom stereocenters. The number of hydrogen-bond donors (Lipinski definition) is 1. The van der Waals surface area contributed by atoms with Crippen molar-refractivity contribution in [3.05, 3.63) is 89.5 Å².